The summed E-state index contributed by atoms with van der Waals surface area (Å²) in [7, 11) is 0. The van der Waals surface area contributed by atoms with Crippen LogP contribution >= 0.6 is 38.9 Å². The van der Waals surface area contributed by atoms with Gasteiger partial charge in [0, 0.05) is 30.4 Å². The molecule has 1 fully saturated rings. The highest BCUT2D eigenvalue weighted by atomic mass is 79.9. The molecule has 0 aromatic carbocycles. The smallest absolute Gasteiger partial charge is 0.233 e. The lowest BCUT2D eigenvalue weighted by molar-refractivity contribution is 0.0551. The summed E-state index contributed by atoms with van der Waals surface area (Å²) < 4.78 is 6.79. The van der Waals surface area contributed by atoms with Gasteiger partial charge in [0.05, 0.1) is 22.8 Å². The molecule has 1 saturated heterocycles. The van der Waals surface area contributed by atoms with E-state index in [1.54, 1.807) is 17.5 Å². The Balaban J connectivity index is 1.40. The van der Waals surface area contributed by atoms with Crippen molar-refractivity contribution in [2.24, 2.45) is 5.92 Å². The second-order valence-corrected chi connectivity index (χ2v) is 7.69. The van der Waals surface area contributed by atoms with Gasteiger partial charge in [0.15, 0.2) is 5.15 Å². The fourth-order valence-corrected chi connectivity index (χ4v) is 3.83. The lowest BCUT2D eigenvalue weighted by atomic mass is 10.0. The van der Waals surface area contributed by atoms with E-state index in [0.717, 1.165) is 19.6 Å². The van der Waals surface area contributed by atoms with Crippen LogP contribution in [0.5, 0.6) is 5.88 Å². The zero-order chi connectivity index (χ0) is 13.9. The molecule has 0 amide bonds. The molecule has 0 unspecified atom stereocenters. The molecule has 2 aromatic heterocycles. The summed E-state index contributed by atoms with van der Waals surface area (Å²) in [4.78, 5) is 11.8. The van der Waals surface area contributed by atoms with E-state index in [0.29, 0.717) is 23.6 Å². The van der Waals surface area contributed by atoms with Gasteiger partial charge < -0.3 is 4.74 Å². The third-order valence-electron chi connectivity index (χ3n) is 3.09. The maximum atomic E-state index is 5.76. The second kappa shape index (κ2) is 6.39. The summed E-state index contributed by atoms with van der Waals surface area (Å²) in [5.74, 6) is 1.05. The lowest BCUT2D eigenvalue weighted by Gasteiger charge is -2.38. The van der Waals surface area contributed by atoms with Crippen molar-refractivity contribution in [2.75, 3.05) is 19.7 Å². The van der Waals surface area contributed by atoms with Gasteiger partial charge in [-0.1, -0.05) is 11.6 Å². The minimum absolute atomic E-state index is 0.362. The third-order valence-corrected chi connectivity index (χ3v) is 4.88. The van der Waals surface area contributed by atoms with E-state index in [9.17, 15) is 0 Å². The number of ether oxygens (including phenoxy) is 1. The third kappa shape index (κ3) is 3.69. The van der Waals surface area contributed by atoms with E-state index < -0.39 is 0 Å². The van der Waals surface area contributed by atoms with Crippen LogP contribution in [0, 0.1) is 5.92 Å². The Kier molecular flexibility index (Phi) is 4.55. The highest BCUT2D eigenvalue weighted by Crippen LogP contribution is 2.26. The highest BCUT2D eigenvalue weighted by molar-refractivity contribution is 9.11. The van der Waals surface area contributed by atoms with Gasteiger partial charge in [-0.25, -0.2) is 0 Å². The van der Waals surface area contributed by atoms with E-state index in [-0.39, 0.29) is 0 Å². The monoisotopic (exact) mass is 373 g/mol. The van der Waals surface area contributed by atoms with Gasteiger partial charge in [-0.3, -0.25) is 9.88 Å². The molecule has 0 atom stereocenters. The number of aromatic nitrogens is 2. The van der Waals surface area contributed by atoms with E-state index in [4.69, 9.17) is 16.3 Å². The summed E-state index contributed by atoms with van der Waals surface area (Å²) in [5, 5.41) is 0.362. The largest absolute Gasteiger partial charge is 0.476 e. The first kappa shape index (κ1) is 14.3. The molecule has 0 saturated carbocycles. The Morgan fingerprint density at radius 1 is 1.40 bits per heavy atom. The van der Waals surface area contributed by atoms with Crippen LogP contribution in [0.3, 0.4) is 0 Å². The fourth-order valence-electron chi connectivity index (χ4n) is 2.17. The molecule has 0 spiro atoms. The highest BCUT2D eigenvalue weighted by Gasteiger charge is 2.27. The van der Waals surface area contributed by atoms with Crippen molar-refractivity contribution in [3.63, 3.8) is 0 Å². The summed E-state index contributed by atoms with van der Waals surface area (Å²) in [6, 6.07) is 4.26. The molecule has 20 heavy (non-hydrogen) atoms. The van der Waals surface area contributed by atoms with Gasteiger partial charge in [-0.15, -0.1) is 11.3 Å². The number of hydrogen-bond donors (Lipinski definition) is 0. The summed E-state index contributed by atoms with van der Waals surface area (Å²) in [6.45, 7) is 3.80. The predicted molar refractivity (Wildman–Crippen MR) is 83.3 cm³/mol. The molecular formula is C13H13BrClN3OS. The van der Waals surface area contributed by atoms with Crippen molar-refractivity contribution in [3.8, 4) is 5.88 Å². The number of rotatable bonds is 5. The SMILES string of the molecule is Clc1cncc(OCC2CN(Cc3ccc(Br)s3)C2)n1. The van der Waals surface area contributed by atoms with Crippen LogP contribution in [-0.4, -0.2) is 34.6 Å². The molecule has 0 radical (unpaired) electrons. The number of thiophene rings is 1. The second-order valence-electron chi connectivity index (χ2n) is 4.76. The van der Waals surface area contributed by atoms with Crippen molar-refractivity contribution >= 4 is 38.9 Å². The van der Waals surface area contributed by atoms with E-state index in [1.165, 1.54) is 14.9 Å². The fraction of sp³-hybridized carbons (Fsp3) is 0.385. The maximum absolute atomic E-state index is 5.76. The van der Waals surface area contributed by atoms with Gasteiger partial charge >= 0.3 is 0 Å². The van der Waals surface area contributed by atoms with Crippen molar-refractivity contribution in [1.29, 1.82) is 0 Å². The molecule has 106 valence electrons. The van der Waals surface area contributed by atoms with E-state index >= 15 is 0 Å². The van der Waals surface area contributed by atoms with Crippen molar-refractivity contribution in [1.82, 2.24) is 14.9 Å². The Hall–Kier alpha value is -0.690. The Labute approximate surface area is 134 Å². The first-order valence-electron chi connectivity index (χ1n) is 6.26. The predicted octanol–water partition coefficient (Wildman–Crippen LogP) is 3.46. The van der Waals surface area contributed by atoms with Crippen molar-refractivity contribution in [2.45, 2.75) is 6.54 Å². The topological polar surface area (TPSA) is 38.2 Å². The molecule has 3 heterocycles. The minimum atomic E-state index is 0.362. The van der Waals surface area contributed by atoms with Gasteiger partial charge in [-0.05, 0) is 28.1 Å². The molecule has 7 heteroatoms. The minimum Gasteiger partial charge on any atom is -0.476 e. The average Bonchev–Trinajstić information content (AvgIpc) is 2.78. The zero-order valence-electron chi connectivity index (χ0n) is 10.6. The van der Waals surface area contributed by atoms with Crippen LogP contribution in [0.2, 0.25) is 5.15 Å². The molecule has 0 bridgehead atoms. The van der Waals surface area contributed by atoms with Crippen LogP contribution in [-0.2, 0) is 6.54 Å². The first-order chi connectivity index (χ1) is 9.69. The summed E-state index contributed by atoms with van der Waals surface area (Å²) in [6.07, 6.45) is 3.09. The lowest BCUT2D eigenvalue weighted by Crippen LogP contribution is -2.48. The molecule has 0 aliphatic carbocycles. The normalized spacial score (nSPS) is 16.1. The molecule has 3 rings (SSSR count). The molecule has 1 aliphatic rings. The van der Waals surface area contributed by atoms with Crippen molar-refractivity contribution < 1.29 is 4.74 Å². The zero-order valence-corrected chi connectivity index (χ0v) is 13.8. The Morgan fingerprint density at radius 3 is 2.95 bits per heavy atom. The summed E-state index contributed by atoms with van der Waals surface area (Å²) in [5.41, 5.74) is 0. The maximum Gasteiger partial charge on any atom is 0.233 e. The van der Waals surface area contributed by atoms with Gasteiger partial charge in [0.1, 0.15) is 0 Å². The molecular weight excluding hydrogens is 362 g/mol. The van der Waals surface area contributed by atoms with Gasteiger partial charge in [-0.2, -0.15) is 4.98 Å². The van der Waals surface area contributed by atoms with Crippen LogP contribution < -0.4 is 4.74 Å². The molecule has 0 N–H and O–H groups in total. The molecule has 4 nitrogen and oxygen atoms in total. The number of likely N-dealkylation sites (tertiary alicyclic amines) is 1. The van der Waals surface area contributed by atoms with E-state index in [2.05, 4.69) is 42.9 Å². The molecule has 2 aromatic rings. The summed E-state index contributed by atoms with van der Waals surface area (Å²) >= 11 is 11.0. The molecule has 1 aliphatic heterocycles. The number of halogens is 2. The van der Waals surface area contributed by atoms with E-state index in [1.807, 2.05) is 0 Å². The Morgan fingerprint density at radius 2 is 2.25 bits per heavy atom. The van der Waals surface area contributed by atoms with Crippen LogP contribution in [0.4, 0.5) is 0 Å². The van der Waals surface area contributed by atoms with Crippen LogP contribution in [0.15, 0.2) is 28.3 Å². The van der Waals surface area contributed by atoms with Crippen molar-refractivity contribution in [3.05, 3.63) is 38.3 Å². The Bertz CT molecular complexity index is 589. The van der Waals surface area contributed by atoms with Crippen LogP contribution in [0.25, 0.3) is 0 Å². The van der Waals surface area contributed by atoms with Gasteiger partial charge in [0.2, 0.25) is 5.88 Å². The van der Waals surface area contributed by atoms with Gasteiger partial charge in [0.25, 0.3) is 0 Å². The first-order valence-corrected chi connectivity index (χ1v) is 8.25. The average molecular weight is 375 g/mol. The van der Waals surface area contributed by atoms with Crippen LogP contribution in [0.1, 0.15) is 4.88 Å². The quantitative estimate of drug-likeness (QED) is 0.803. The standard InChI is InChI=1S/C13H13BrClN3OS/c14-11-2-1-10(20-11)7-18-5-9(6-18)8-19-13-4-16-3-12(15)17-13/h1-4,9H,5-8H2. The number of nitrogens with zero attached hydrogens (tertiary/aromatic N) is 3. The number of hydrogen-bond acceptors (Lipinski definition) is 5.